The Morgan fingerprint density at radius 1 is 1.21 bits per heavy atom. The molecule has 0 spiro atoms. The summed E-state index contributed by atoms with van der Waals surface area (Å²) in [7, 11) is 3.17. The number of nitrogens with one attached hydrogen (secondary N) is 2. The van der Waals surface area contributed by atoms with E-state index in [-0.39, 0.29) is 29.9 Å². The molecule has 0 aliphatic carbocycles. The van der Waals surface area contributed by atoms with Gasteiger partial charge in [-0.1, -0.05) is 18.2 Å². The van der Waals surface area contributed by atoms with Gasteiger partial charge in [-0.05, 0) is 55.1 Å². The minimum absolute atomic E-state index is 0. The van der Waals surface area contributed by atoms with E-state index in [0.717, 1.165) is 31.2 Å². The SMILES string of the molecule is CN=C(NCc1ccc(C(=O)OC)cc1)NCC(c1cccs1)N1CCCC1.I. The third-order valence-electron chi connectivity index (χ3n) is 4.97. The number of nitrogens with zero attached hydrogens (tertiary/aromatic N) is 2. The summed E-state index contributed by atoms with van der Waals surface area (Å²) < 4.78 is 4.73. The first-order chi connectivity index (χ1) is 13.7. The van der Waals surface area contributed by atoms with Gasteiger partial charge in [0.05, 0.1) is 18.7 Å². The van der Waals surface area contributed by atoms with Gasteiger partial charge >= 0.3 is 5.97 Å². The van der Waals surface area contributed by atoms with Gasteiger partial charge in [-0.2, -0.15) is 0 Å². The molecule has 0 amide bonds. The summed E-state index contributed by atoms with van der Waals surface area (Å²) in [6.45, 7) is 3.77. The van der Waals surface area contributed by atoms with Crippen molar-refractivity contribution < 1.29 is 9.53 Å². The predicted molar refractivity (Wildman–Crippen MR) is 129 cm³/mol. The first-order valence-electron chi connectivity index (χ1n) is 9.60. The second kappa shape index (κ2) is 12.1. The minimum Gasteiger partial charge on any atom is -0.465 e. The highest BCUT2D eigenvalue weighted by atomic mass is 127. The van der Waals surface area contributed by atoms with Gasteiger partial charge in [-0.25, -0.2) is 4.79 Å². The second-order valence-corrected chi connectivity index (χ2v) is 7.75. The molecule has 1 fully saturated rings. The lowest BCUT2D eigenvalue weighted by Gasteiger charge is -2.27. The third kappa shape index (κ3) is 6.68. The molecule has 1 saturated heterocycles. The van der Waals surface area contributed by atoms with Gasteiger partial charge in [0.2, 0.25) is 0 Å². The molecule has 1 aromatic heterocycles. The Labute approximate surface area is 193 Å². The van der Waals surface area contributed by atoms with Crippen molar-refractivity contribution in [1.29, 1.82) is 0 Å². The number of esters is 1. The van der Waals surface area contributed by atoms with Crippen molar-refractivity contribution in [2.75, 3.05) is 33.8 Å². The van der Waals surface area contributed by atoms with E-state index < -0.39 is 0 Å². The summed E-state index contributed by atoms with van der Waals surface area (Å²) in [4.78, 5) is 19.8. The van der Waals surface area contributed by atoms with Crippen LogP contribution in [0.2, 0.25) is 0 Å². The van der Waals surface area contributed by atoms with Gasteiger partial charge in [-0.15, -0.1) is 35.3 Å². The first kappa shape index (κ1) is 23.6. The molecular formula is C21H29IN4O2S. The van der Waals surface area contributed by atoms with Gasteiger partial charge in [-0.3, -0.25) is 9.89 Å². The van der Waals surface area contributed by atoms with E-state index >= 15 is 0 Å². The molecule has 2 aromatic rings. The van der Waals surface area contributed by atoms with Gasteiger partial charge in [0.15, 0.2) is 5.96 Å². The molecule has 2 heterocycles. The molecule has 0 bridgehead atoms. The fourth-order valence-electron chi connectivity index (χ4n) is 3.42. The van der Waals surface area contributed by atoms with E-state index in [4.69, 9.17) is 4.74 Å². The summed E-state index contributed by atoms with van der Waals surface area (Å²) in [5.74, 6) is 0.455. The van der Waals surface area contributed by atoms with Crippen molar-refractivity contribution in [3.63, 3.8) is 0 Å². The molecular weight excluding hydrogens is 499 g/mol. The van der Waals surface area contributed by atoms with Crippen molar-refractivity contribution >= 4 is 47.2 Å². The van der Waals surface area contributed by atoms with Crippen LogP contribution in [0.15, 0.2) is 46.8 Å². The number of benzene rings is 1. The van der Waals surface area contributed by atoms with Crippen LogP contribution in [0.1, 0.15) is 39.7 Å². The second-order valence-electron chi connectivity index (χ2n) is 6.77. The van der Waals surface area contributed by atoms with Gasteiger partial charge in [0, 0.05) is 25.0 Å². The number of aliphatic imine (C=N–C) groups is 1. The van der Waals surface area contributed by atoms with Crippen molar-refractivity contribution in [1.82, 2.24) is 15.5 Å². The highest BCUT2D eigenvalue weighted by Crippen LogP contribution is 2.27. The molecule has 1 atom stereocenters. The zero-order valence-electron chi connectivity index (χ0n) is 16.9. The number of thiophene rings is 1. The van der Waals surface area contributed by atoms with Crippen molar-refractivity contribution in [3.8, 4) is 0 Å². The number of likely N-dealkylation sites (tertiary alicyclic amines) is 1. The van der Waals surface area contributed by atoms with E-state index in [1.807, 2.05) is 23.5 Å². The molecule has 3 rings (SSSR count). The Morgan fingerprint density at radius 3 is 2.52 bits per heavy atom. The number of methoxy groups -OCH3 is 1. The Bertz CT molecular complexity index is 774. The topological polar surface area (TPSA) is 66.0 Å². The molecule has 1 aromatic carbocycles. The molecule has 1 unspecified atom stereocenters. The molecule has 2 N–H and O–H groups in total. The van der Waals surface area contributed by atoms with Crippen LogP contribution in [-0.4, -0.2) is 50.6 Å². The number of halogens is 1. The number of carbonyl (C=O) groups excluding carboxylic acids is 1. The first-order valence-corrected chi connectivity index (χ1v) is 10.5. The maximum absolute atomic E-state index is 11.5. The quantitative estimate of drug-likeness (QED) is 0.249. The smallest absolute Gasteiger partial charge is 0.337 e. The number of rotatable bonds is 7. The third-order valence-corrected chi connectivity index (χ3v) is 5.95. The lowest BCUT2D eigenvalue weighted by atomic mass is 10.1. The summed E-state index contributed by atoms with van der Waals surface area (Å²) in [5, 5.41) is 8.96. The standard InChI is InChI=1S/C21H28N4O2S.HI/c1-22-21(23-14-16-7-9-17(10-8-16)20(26)27-2)24-15-18(19-6-5-13-28-19)25-11-3-4-12-25;/h5-10,13,18H,3-4,11-12,14-15H2,1-2H3,(H2,22,23,24);1H. The van der Waals surface area contributed by atoms with Crippen LogP contribution in [0, 0.1) is 0 Å². The summed E-state index contributed by atoms with van der Waals surface area (Å²) >= 11 is 1.81. The summed E-state index contributed by atoms with van der Waals surface area (Å²) in [5.41, 5.74) is 1.63. The molecule has 8 heteroatoms. The molecule has 1 aliphatic heterocycles. The molecule has 158 valence electrons. The molecule has 29 heavy (non-hydrogen) atoms. The maximum Gasteiger partial charge on any atom is 0.337 e. The van der Waals surface area contributed by atoms with Gasteiger partial charge in [0.1, 0.15) is 0 Å². The Kier molecular flexibility index (Phi) is 9.89. The fraction of sp³-hybridized carbons (Fsp3) is 0.429. The van der Waals surface area contributed by atoms with Crippen LogP contribution in [0.3, 0.4) is 0 Å². The van der Waals surface area contributed by atoms with E-state index in [1.54, 1.807) is 19.2 Å². The molecule has 6 nitrogen and oxygen atoms in total. The Balaban J connectivity index is 0.00000300. The number of hydrogen-bond acceptors (Lipinski definition) is 5. The Hall–Kier alpha value is -1.65. The number of guanidine groups is 1. The number of carbonyl (C=O) groups is 1. The largest absolute Gasteiger partial charge is 0.465 e. The van der Waals surface area contributed by atoms with Crippen LogP contribution in [0.4, 0.5) is 0 Å². The lowest BCUT2D eigenvalue weighted by Crippen LogP contribution is -2.42. The molecule has 0 saturated carbocycles. The van der Waals surface area contributed by atoms with Crippen LogP contribution < -0.4 is 10.6 Å². The van der Waals surface area contributed by atoms with E-state index in [2.05, 4.69) is 38.0 Å². The highest BCUT2D eigenvalue weighted by Gasteiger charge is 2.24. The van der Waals surface area contributed by atoms with E-state index in [9.17, 15) is 4.79 Å². The van der Waals surface area contributed by atoms with E-state index in [0.29, 0.717) is 18.2 Å². The van der Waals surface area contributed by atoms with Crippen LogP contribution in [0.25, 0.3) is 0 Å². The van der Waals surface area contributed by atoms with Crippen LogP contribution >= 0.6 is 35.3 Å². The van der Waals surface area contributed by atoms with Crippen LogP contribution in [-0.2, 0) is 11.3 Å². The summed E-state index contributed by atoms with van der Waals surface area (Å²) in [6.07, 6.45) is 2.55. The Morgan fingerprint density at radius 2 is 1.93 bits per heavy atom. The fourth-order valence-corrected chi connectivity index (χ4v) is 4.28. The average Bonchev–Trinajstić information content (AvgIpc) is 3.45. The zero-order valence-corrected chi connectivity index (χ0v) is 20.0. The van der Waals surface area contributed by atoms with Gasteiger partial charge in [0.25, 0.3) is 0 Å². The highest BCUT2D eigenvalue weighted by molar-refractivity contribution is 14.0. The normalized spacial score (nSPS) is 15.4. The number of hydrogen-bond donors (Lipinski definition) is 2. The average molecular weight is 528 g/mol. The van der Waals surface area contributed by atoms with Crippen molar-refractivity contribution in [3.05, 3.63) is 57.8 Å². The predicted octanol–water partition coefficient (Wildman–Crippen LogP) is 3.65. The van der Waals surface area contributed by atoms with Crippen molar-refractivity contribution in [2.45, 2.75) is 25.4 Å². The van der Waals surface area contributed by atoms with Crippen LogP contribution in [0.5, 0.6) is 0 Å². The monoisotopic (exact) mass is 528 g/mol. The number of ether oxygens (including phenoxy) is 1. The summed E-state index contributed by atoms with van der Waals surface area (Å²) in [6, 6.07) is 12.1. The molecule has 1 aliphatic rings. The van der Waals surface area contributed by atoms with Gasteiger partial charge < -0.3 is 15.4 Å². The van der Waals surface area contributed by atoms with Crippen molar-refractivity contribution in [2.24, 2.45) is 4.99 Å². The minimum atomic E-state index is -0.321. The maximum atomic E-state index is 11.5. The lowest BCUT2D eigenvalue weighted by molar-refractivity contribution is 0.0600. The zero-order chi connectivity index (χ0) is 19.8. The van der Waals surface area contributed by atoms with E-state index in [1.165, 1.54) is 24.8 Å². The molecule has 0 radical (unpaired) electrons.